The molecule has 3 rings (SSSR count). The first-order chi connectivity index (χ1) is 11.9. The summed E-state index contributed by atoms with van der Waals surface area (Å²) in [6.45, 7) is 4.54. The molecule has 25 heavy (non-hydrogen) atoms. The quantitative estimate of drug-likeness (QED) is 0.759. The smallest absolute Gasteiger partial charge is 0.268 e. The first-order valence-electron chi connectivity index (χ1n) is 8.17. The van der Waals surface area contributed by atoms with Crippen molar-refractivity contribution in [2.75, 3.05) is 7.05 Å². The minimum absolute atomic E-state index is 0.291. The predicted octanol–water partition coefficient (Wildman–Crippen LogP) is 3.73. The number of hydrogen-bond donors (Lipinski definition) is 1. The number of aromatic nitrogens is 1. The standard InChI is InChI=1S/C20H22N2O2S/c1-15-8-10-18(11-9-15)25(23,24)22-14-17(13-21-3)12-20(22)19-7-5-4-6-16(19)2/h4-12,14,21H,13H2,1-3H3. The summed E-state index contributed by atoms with van der Waals surface area (Å²) in [6, 6.07) is 16.7. The normalized spacial score (nSPS) is 11.6. The molecule has 0 saturated carbocycles. The van der Waals surface area contributed by atoms with E-state index in [0.717, 1.165) is 22.3 Å². The van der Waals surface area contributed by atoms with E-state index < -0.39 is 10.0 Å². The second-order valence-corrected chi connectivity index (χ2v) is 8.01. The van der Waals surface area contributed by atoms with Crippen LogP contribution in [0, 0.1) is 13.8 Å². The second-order valence-electron chi connectivity index (χ2n) is 6.19. The van der Waals surface area contributed by atoms with E-state index in [9.17, 15) is 8.42 Å². The Balaban J connectivity index is 2.21. The topological polar surface area (TPSA) is 51.1 Å². The lowest BCUT2D eigenvalue weighted by atomic mass is 10.1. The Hall–Kier alpha value is -2.37. The van der Waals surface area contributed by atoms with Crippen molar-refractivity contribution in [2.45, 2.75) is 25.3 Å². The van der Waals surface area contributed by atoms with E-state index in [0.29, 0.717) is 17.1 Å². The summed E-state index contributed by atoms with van der Waals surface area (Å²) in [5.41, 5.74) is 4.60. The van der Waals surface area contributed by atoms with Crippen molar-refractivity contribution in [1.29, 1.82) is 0 Å². The van der Waals surface area contributed by atoms with Crippen molar-refractivity contribution < 1.29 is 8.42 Å². The molecule has 1 aromatic heterocycles. The van der Waals surface area contributed by atoms with Gasteiger partial charge in [0.25, 0.3) is 10.0 Å². The molecule has 1 heterocycles. The van der Waals surface area contributed by atoms with Crippen molar-refractivity contribution in [3.8, 4) is 11.3 Å². The molecule has 0 saturated heterocycles. The summed E-state index contributed by atoms with van der Waals surface area (Å²) in [5, 5.41) is 3.08. The van der Waals surface area contributed by atoms with Gasteiger partial charge < -0.3 is 5.32 Å². The zero-order valence-electron chi connectivity index (χ0n) is 14.7. The van der Waals surface area contributed by atoms with Crippen LogP contribution in [0.4, 0.5) is 0 Å². The molecular weight excluding hydrogens is 332 g/mol. The van der Waals surface area contributed by atoms with E-state index in [1.807, 2.05) is 63.4 Å². The van der Waals surface area contributed by atoms with Gasteiger partial charge in [-0.15, -0.1) is 0 Å². The average molecular weight is 354 g/mol. The molecule has 0 aliphatic carbocycles. The van der Waals surface area contributed by atoms with Gasteiger partial charge >= 0.3 is 0 Å². The van der Waals surface area contributed by atoms with Crippen LogP contribution >= 0.6 is 0 Å². The monoisotopic (exact) mass is 354 g/mol. The van der Waals surface area contributed by atoms with Crippen LogP contribution in [0.15, 0.2) is 65.7 Å². The Morgan fingerprint density at radius 1 is 1.00 bits per heavy atom. The van der Waals surface area contributed by atoms with E-state index in [1.54, 1.807) is 18.3 Å². The molecule has 0 fully saturated rings. The molecule has 0 unspecified atom stereocenters. The van der Waals surface area contributed by atoms with Crippen LogP contribution in [0.1, 0.15) is 16.7 Å². The SMILES string of the molecule is CNCc1cc(-c2ccccc2C)n(S(=O)(=O)c2ccc(C)cc2)c1. The van der Waals surface area contributed by atoms with E-state index in [4.69, 9.17) is 0 Å². The maximum atomic E-state index is 13.2. The van der Waals surface area contributed by atoms with Gasteiger partial charge in [0.05, 0.1) is 10.6 Å². The summed E-state index contributed by atoms with van der Waals surface area (Å²) >= 11 is 0. The number of nitrogens with one attached hydrogen (secondary N) is 1. The molecule has 0 atom stereocenters. The first kappa shape index (κ1) is 17.5. The third-order valence-corrected chi connectivity index (χ3v) is 5.91. The fourth-order valence-corrected chi connectivity index (χ4v) is 4.27. The van der Waals surface area contributed by atoms with Crippen molar-refractivity contribution in [3.05, 3.63) is 77.5 Å². The van der Waals surface area contributed by atoms with Crippen LogP contribution in [-0.2, 0) is 16.6 Å². The van der Waals surface area contributed by atoms with Gasteiger partial charge in [0.2, 0.25) is 0 Å². The van der Waals surface area contributed by atoms with Crippen LogP contribution < -0.4 is 5.32 Å². The number of aryl methyl sites for hydroxylation is 2. The van der Waals surface area contributed by atoms with Crippen molar-refractivity contribution in [1.82, 2.24) is 9.29 Å². The lowest BCUT2D eigenvalue weighted by Gasteiger charge is -2.12. The lowest BCUT2D eigenvalue weighted by Crippen LogP contribution is -2.13. The van der Waals surface area contributed by atoms with Gasteiger partial charge in [-0.25, -0.2) is 12.4 Å². The highest BCUT2D eigenvalue weighted by molar-refractivity contribution is 7.90. The molecule has 0 amide bonds. The van der Waals surface area contributed by atoms with Gasteiger partial charge in [0.1, 0.15) is 0 Å². The zero-order valence-corrected chi connectivity index (χ0v) is 15.5. The van der Waals surface area contributed by atoms with Crippen molar-refractivity contribution in [3.63, 3.8) is 0 Å². The van der Waals surface area contributed by atoms with E-state index in [2.05, 4.69) is 5.32 Å². The second kappa shape index (κ2) is 6.86. The third-order valence-electron chi connectivity index (χ3n) is 4.22. The Morgan fingerprint density at radius 2 is 1.68 bits per heavy atom. The molecule has 2 aromatic carbocycles. The van der Waals surface area contributed by atoms with Crippen molar-refractivity contribution >= 4 is 10.0 Å². The van der Waals surface area contributed by atoms with Crippen LogP contribution in [0.25, 0.3) is 11.3 Å². The number of hydrogen-bond acceptors (Lipinski definition) is 3. The average Bonchev–Trinajstić information content (AvgIpc) is 3.00. The third kappa shape index (κ3) is 3.38. The van der Waals surface area contributed by atoms with Crippen molar-refractivity contribution in [2.24, 2.45) is 0 Å². The van der Waals surface area contributed by atoms with Gasteiger partial charge in [-0.1, -0.05) is 42.0 Å². The molecule has 5 heteroatoms. The molecule has 4 nitrogen and oxygen atoms in total. The van der Waals surface area contributed by atoms with Crippen LogP contribution in [0.5, 0.6) is 0 Å². The Labute approximate surface area is 149 Å². The molecule has 3 aromatic rings. The van der Waals surface area contributed by atoms with E-state index in [-0.39, 0.29) is 0 Å². The highest BCUT2D eigenvalue weighted by Gasteiger charge is 2.22. The fourth-order valence-electron chi connectivity index (χ4n) is 2.88. The predicted molar refractivity (Wildman–Crippen MR) is 101 cm³/mol. The van der Waals surface area contributed by atoms with E-state index in [1.165, 1.54) is 3.97 Å². The highest BCUT2D eigenvalue weighted by Crippen LogP contribution is 2.29. The van der Waals surface area contributed by atoms with E-state index >= 15 is 0 Å². The molecular formula is C20H22N2O2S. The summed E-state index contributed by atoms with van der Waals surface area (Å²) in [4.78, 5) is 0.291. The Kier molecular flexibility index (Phi) is 4.79. The Bertz CT molecular complexity index is 987. The van der Waals surface area contributed by atoms with Gasteiger partial charge in [0.15, 0.2) is 0 Å². The van der Waals surface area contributed by atoms with Crippen LogP contribution in [0.2, 0.25) is 0 Å². The summed E-state index contributed by atoms with van der Waals surface area (Å²) < 4.78 is 27.8. The maximum absolute atomic E-state index is 13.2. The maximum Gasteiger partial charge on any atom is 0.268 e. The largest absolute Gasteiger partial charge is 0.316 e. The lowest BCUT2D eigenvalue weighted by molar-refractivity contribution is 0.588. The Morgan fingerprint density at radius 3 is 2.32 bits per heavy atom. The van der Waals surface area contributed by atoms with Gasteiger partial charge in [-0.2, -0.15) is 0 Å². The highest BCUT2D eigenvalue weighted by atomic mass is 32.2. The minimum Gasteiger partial charge on any atom is -0.316 e. The van der Waals surface area contributed by atoms with Crippen LogP contribution in [0.3, 0.4) is 0 Å². The molecule has 130 valence electrons. The molecule has 0 radical (unpaired) electrons. The van der Waals surface area contributed by atoms with Crippen LogP contribution in [-0.4, -0.2) is 19.4 Å². The van der Waals surface area contributed by atoms with Gasteiger partial charge in [-0.3, -0.25) is 0 Å². The number of nitrogens with zero attached hydrogens (tertiary/aromatic N) is 1. The number of benzene rings is 2. The summed E-state index contributed by atoms with van der Waals surface area (Å²) in [5.74, 6) is 0. The molecule has 0 spiro atoms. The minimum atomic E-state index is -3.66. The molecule has 0 aliphatic rings. The number of rotatable bonds is 5. The van der Waals surface area contributed by atoms with Gasteiger partial charge in [-0.05, 0) is 50.2 Å². The molecule has 0 aliphatic heterocycles. The zero-order chi connectivity index (χ0) is 18.0. The molecule has 0 bridgehead atoms. The molecule has 1 N–H and O–H groups in total. The first-order valence-corrected chi connectivity index (χ1v) is 9.61. The summed E-state index contributed by atoms with van der Waals surface area (Å²) in [7, 11) is -1.81. The fraction of sp³-hybridized carbons (Fsp3) is 0.200. The summed E-state index contributed by atoms with van der Waals surface area (Å²) in [6.07, 6.45) is 1.70. The van der Waals surface area contributed by atoms with Gasteiger partial charge in [0, 0.05) is 18.3 Å².